The molecule has 4 rings (SSSR count). The fourth-order valence-corrected chi connectivity index (χ4v) is 3.45. The zero-order chi connectivity index (χ0) is 28.6. The van der Waals surface area contributed by atoms with Gasteiger partial charge in [0.1, 0.15) is 23.9 Å². The number of carbonyl (C=O) groups is 3. The molecule has 0 saturated carbocycles. The Labute approximate surface area is 225 Å². The lowest BCUT2D eigenvalue weighted by molar-refractivity contribution is -0.384. The summed E-state index contributed by atoms with van der Waals surface area (Å²) in [5, 5.41) is 29.5. The Morgan fingerprint density at radius 2 is 1.27 bits per heavy atom. The van der Waals surface area contributed by atoms with Crippen LogP contribution in [0.15, 0.2) is 91.0 Å². The van der Waals surface area contributed by atoms with E-state index in [1.54, 1.807) is 42.5 Å². The average molecular weight is 545 g/mol. The maximum atomic E-state index is 12.5. The van der Waals surface area contributed by atoms with Crippen molar-refractivity contribution in [1.29, 1.82) is 0 Å². The lowest BCUT2D eigenvalue weighted by Gasteiger charge is -2.10. The molecule has 12 nitrogen and oxygen atoms in total. The van der Waals surface area contributed by atoms with E-state index in [0.717, 1.165) is 18.2 Å². The third kappa shape index (κ3) is 6.76. The summed E-state index contributed by atoms with van der Waals surface area (Å²) in [5.74, 6) is -2.33. The van der Waals surface area contributed by atoms with Gasteiger partial charge in [0.15, 0.2) is 5.75 Å². The lowest BCUT2D eigenvalue weighted by Crippen LogP contribution is -2.14. The molecule has 0 saturated heterocycles. The third-order valence-electron chi connectivity index (χ3n) is 5.38. The van der Waals surface area contributed by atoms with Crippen LogP contribution in [0.1, 0.15) is 36.6 Å². The molecule has 0 unspecified atom stereocenters. The number of non-ortho nitro benzene ring substituents is 1. The van der Waals surface area contributed by atoms with E-state index in [0.29, 0.717) is 22.8 Å². The van der Waals surface area contributed by atoms with E-state index in [1.165, 1.54) is 30.3 Å². The molecule has 0 spiro atoms. The molecule has 0 aliphatic heterocycles. The van der Waals surface area contributed by atoms with Crippen molar-refractivity contribution in [3.05, 3.63) is 123 Å². The molecule has 0 aliphatic carbocycles. The minimum atomic E-state index is -1.43. The molecule has 4 aromatic carbocycles. The normalized spacial score (nSPS) is 10.4. The number of carboxylic acids is 2. The Hall–Kier alpha value is -5.75. The zero-order valence-corrected chi connectivity index (χ0v) is 20.4. The fourth-order valence-electron chi connectivity index (χ4n) is 3.45. The highest BCUT2D eigenvalue weighted by molar-refractivity contribution is 6.03. The van der Waals surface area contributed by atoms with Crippen molar-refractivity contribution in [2.24, 2.45) is 0 Å². The minimum absolute atomic E-state index is 0.0607. The van der Waals surface area contributed by atoms with Crippen LogP contribution in [0.25, 0.3) is 0 Å². The van der Waals surface area contributed by atoms with Gasteiger partial charge in [-0.1, -0.05) is 18.2 Å². The second-order valence-electron chi connectivity index (χ2n) is 8.03. The van der Waals surface area contributed by atoms with Crippen molar-refractivity contribution in [2.45, 2.75) is 6.61 Å². The molecule has 12 heteroatoms. The molecule has 202 valence electrons. The van der Waals surface area contributed by atoms with Crippen LogP contribution in [0.4, 0.5) is 5.69 Å². The molecule has 0 aliphatic rings. The van der Waals surface area contributed by atoms with E-state index in [9.17, 15) is 34.7 Å². The van der Waals surface area contributed by atoms with Crippen LogP contribution >= 0.6 is 0 Å². The Morgan fingerprint density at radius 1 is 0.700 bits per heavy atom. The molecule has 40 heavy (non-hydrogen) atoms. The quantitative estimate of drug-likeness (QED) is 0.0800. The van der Waals surface area contributed by atoms with Crippen LogP contribution in [0.2, 0.25) is 0 Å². The van der Waals surface area contributed by atoms with Crippen LogP contribution in [-0.4, -0.2) is 33.0 Å². The van der Waals surface area contributed by atoms with Gasteiger partial charge in [0, 0.05) is 12.1 Å². The van der Waals surface area contributed by atoms with Crippen LogP contribution < -0.4 is 14.4 Å². The number of rotatable bonds is 11. The molecule has 0 heterocycles. The standard InChI is InChI=1S/C28H19NO11/c30-26(31)23-4-2-1-3-17(23)16-37-40-22-12-10-20(11-13-22)38-19-6-8-21(9-7-19)39-28(34)25-15-18(29(35)36)5-14-24(25)27(32)33/h1-15H,16H2,(H,30,31)(H,32,33). The number of nitro benzene ring substituents is 1. The van der Waals surface area contributed by atoms with Crippen molar-refractivity contribution >= 4 is 23.6 Å². The first kappa shape index (κ1) is 27.3. The SMILES string of the molecule is O=C(O)c1ccccc1COOc1ccc(Oc2ccc(OC(=O)c3cc([N+](=O)[O-])ccc3C(=O)O)cc2)cc1. The van der Waals surface area contributed by atoms with Gasteiger partial charge in [-0.05, 0) is 66.2 Å². The highest BCUT2D eigenvalue weighted by atomic mass is 17.2. The Balaban J connectivity index is 1.33. The predicted molar refractivity (Wildman–Crippen MR) is 137 cm³/mol. The molecular weight excluding hydrogens is 526 g/mol. The number of ether oxygens (including phenoxy) is 2. The molecule has 0 aromatic heterocycles. The van der Waals surface area contributed by atoms with Gasteiger partial charge in [-0.15, -0.1) is 0 Å². The number of hydrogen-bond donors (Lipinski definition) is 2. The van der Waals surface area contributed by atoms with Gasteiger partial charge in [0.2, 0.25) is 0 Å². The maximum absolute atomic E-state index is 12.5. The minimum Gasteiger partial charge on any atom is -0.478 e. The van der Waals surface area contributed by atoms with E-state index in [1.807, 2.05) is 0 Å². The van der Waals surface area contributed by atoms with Crippen LogP contribution in [-0.2, 0) is 11.5 Å². The van der Waals surface area contributed by atoms with Gasteiger partial charge in [-0.3, -0.25) is 10.1 Å². The van der Waals surface area contributed by atoms with Gasteiger partial charge in [-0.25, -0.2) is 14.4 Å². The topological polar surface area (TPSA) is 172 Å². The number of esters is 1. The summed E-state index contributed by atoms with van der Waals surface area (Å²) in [6, 6.07) is 21.4. The highest BCUT2D eigenvalue weighted by Gasteiger charge is 2.22. The molecule has 0 radical (unpaired) electrons. The van der Waals surface area contributed by atoms with E-state index in [4.69, 9.17) is 19.2 Å². The Kier molecular flexibility index (Phi) is 8.32. The van der Waals surface area contributed by atoms with Crippen molar-refractivity contribution in [3.63, 3.8) is 0 Å². The molecule has 0 atom stereocenters. The fraction of sp³-hybridized carbons (Fsp3) is 0.0357. The summed E-state index contributed by atoms with van der Waals surface area (Å²) < 4.78 is 10.9. The average Bonchev–Trinajstić information content (AvgIpc) is 2.94. The summed E-state index contributed by atoms with van der Waals surface area (Å²) >= 11 is 0. The Morgan fingerprint density at radius 3 is 1.88 bits per heavy atom. The second-order valence-corrected chi connectivity index (χ2v) is 8.03. The largest absolute Gasteiger partial charge is 0.478 e. The molecule has 0 fully saturated rings. The maximum Gasteiger partial charge on any atom is 0.344 e. The molecular formula is C28H19NO11. The van der Waals surface area contributed by atoms with E-state index in [-0.39, 0.29) is 17.9 Å². The lowest BCUT2D eigenvalue weighted by atomic mass is 10.1. The first-order valence-electron chi connectivity index (χ1n) is 11.4. The molecule has 4 aromatic rings. The second kappa shape index (κ2) is 12.2. The molecule has 2 N–H and O–H groups in total. The van der Waals surface area contributed by atoms with Crippen molar-refractivity contribution in [2.75, 3.05) is 0 Å². The van der Waals surface area contributed by atoms with Crippen molar-refractivity contribution in [1.82, 2.24) is 0 Å². The van der Waals surface area contributed by atoms with Crippen LogP contribution in [0.3, 0.4) is 0 Å². The van der Waals surface area contributed by atoms with Gasteiger partial charge in [-0.2, -0.15) is 4.89 Å². The number of carbonyl (C=O) groups excluding carboxylic acids is 1. The summed E-state index contributed by atoms with van der Waals surface area (Å²) in [6.07, 6.45) is 0. The summed E-state index contributed by atoms with van der Waals surface area (Å²) in [7, 11) is 0. The monoisotopic (exact) mass is 545 g/mol. The first-order valence-corrected chi connectivity index (χ1v) is 11.4. The zero-order valence-electron chi connectivity index (χ0n) is 20.4. The number of nitrogens with zero attached hydrogens (tertiary/aromatic N) is 1. The number of carboxylic acid groups (broad SMARTS) is 2. The summed E-state index contributed by atoms with van der Waals surface area (Å²) in [5.41, 5.74) is -0.772. The van der Waals surface area contributed by atoms with Gasteiger partial charge in [0.05, 0.1) is 21.6 Å². The summed E-state index contributed by atoms with van der Waals surface area (Å²) in [4.78, 5) is 55.8. The third-order valence-corrected chi connectivity index (χ3v) is 5.38. The smallest absolute Gasteiger partial charge is 0.344 e. The van der Waals surface area contributed by atoms with Gasteiger partial charge >= 0.3 is 17.9 Å². The predicted octanol–water partition coefficient (Wildman–Crippen LogP) is 5.51. The first-order chi connectivity index (χ1) is 19.2. The van der Waals surface area contributed by atoms with Crippen LogP contribution in [0.5, 0.6) is 23.0 Å². The number of hydrogen-bond acceptors (Lipinski definition) is 9. The van der Waals surface area contributed by atoms with E-state index >= 15 is 0 Å². The number of benzene rings is 4. The van der Waals surface area contributed by atoms with E-state index < -0.39 is 39.6 Å². The summed E-state index contributed by atoms with van der Waals surface area (Å²) in [6.45, 7) is -0.0730. The van der Waals surface area contributed by atoms with E-state index in [2.05, 4.69) is 0 Å². The van der Waals surface area contributed by atoms with Gasteiger partial charge in [0.25, 0.3) is 5.69 Å². The van der Waals surface area contributed by atoms with Crippen molar-refractivity contribution in [3.8, 4) is 23.0 Å². The van der Waals surface area contributed by atoms with Gasteiger partial charge < -0.3 is 24.6 Å². The number of aromatic carboxylic acids is 2. The Bertz CT molecular complexity index is 1560. The molecule has 0 bridgehead atoms. The number of nitro groups is 1. The van der Waals surface area contributed by atoms with Crippen molar-refractivity contribution < 1.29 is 48.8 Å². The molecule has 0 amide bonds. The highest BCUT2D eigenvalue weighted by Crippen LogP contribution is 2.27. The van der Waals surface area contributed by atoms with Crippen LogP contribution in [0, 0.1) is 10.1 Å².